The second-order valence-electron chi connectivity index (χ2n) is 4.60. The summed E-state index contributed by atoms with van der Waals surface area (Å²) >= 11 is 0. The van der Waals surface area contributed by atoms with E-state index < -0.39 is 0 Å². The minimum atomic E-state index is 0.125. The Kier molecular flexibility index (Phi) is 9.90. The van der Waals surface area contributed by atoms with Gasteiger partial charge in [-0.25, -0.2) is 0 Å². The fourth-order valence-corrected chi connectivity index (χ4v) is 1.49. The number of ketones is 1. The van der Waals surface area contributed by atoms with E-state index in [0.717, 1.165) is 17.9 Å². The molecule has 0 aromatic heterocycles. The van der Waals surface area contributed by atoms with E-state index in [1.807, 2.05) is 40.0 Å². The predicted molar refractivity (Wildman–Crippen MR) is 77.8 cm³/mol. The summed E-state index contributed by atoms with van der Waals surface area (Å²) in [6, 6.07) is 0. The first-order valence-electron chi connectivity index (χ1n) is 6.74. The van der Waals surface area contributed by atoms with Crippen LogP contribution in [0.2, 0.25) is 0 Å². The smallest absolute Gasteiger partial charge is 0.170 e. The van der Waals surface area contributed by atoms with Crippen molar-refractivity contribution >= 4 is 5.78 Å². The van der Waals surface area contributed by atoms with Gasteiger partial charge in [-0.3, -0.25) is 4.79 Å². The zero-order valence-corrected chi connectivity index (χ0v) is 12.8. The van der Waals surface area contributed by atoms with Crippen LogP contribution in [-0.4, -0.2) is 33.2 Å². The molecular formula is C15H27NO3. The van der Waals surface area contributed by atoms with Crippen LogP contribution in [0.3, 0.4) is 0 Å². The van der Waals surface area contributed by atoms with Gasteiger partial charge in [0.15, 0.2) is 5.78 Å². The lowest BCUT2D eigenvalue weighted by molar-refractivity contribution is -0.122. The third kappa shape index (κ3) is 8.43. The largest absolute Gasteiger partial charge is 0.490 e. The number of rotatable bonds is 10. The molecule has 0 fully saturated rings. The summed E-state index contributed by atoms with van der Waals surface area (Å²) in [6.07, 6.45) is 5.26. The first-order valence-corrected chi connectivity index (χ1v) is 6.74. The number of Topliss-reactive ketones (excluding diaryl/α,β-unsaturated/α-hetero) is 1. The maximum atomic E-state index is 11.5. The van der Waals surface area contributed by atoms with Crippen molar-refractivity contribution in [3.05, 3.63) is 23.6 Å². The summed E-state index contributed by atoms with van der Waals surface area (Å²) in [5.74, 6) is 1.04. The third-order valence-corrected chi connectivity index (χ3v) is 2.72. The van der Waals surface area contributed by atoms with Gasteiger partial charge in [0, 0.05) is 32.2 Å². The molecule has 0 rings (SSSR count). The monoisotopic (exact) mass is 269 g/mol. The molecule has 0 saturated heterocycles. The van der Waals surface area contributed by atoms with Crippen LogP contribution in [0.15, 0.2) is 23.6 Å². The highest BCUT2D eigenvalue weighted by Crippen LogP contribution is 2.13. The minimum absolute atomic E-state index is 0.125. The van der Waals surface area contributed by atoms with E-state index in [2.05, 4.69) is 5.32 Å². The Hall–Kier alpha value is -1.29. The maximum absolute atomic E-state index is 11.5. The predicted octanol–water partition coefficient (Wildman–Crippen LogP) is 2.66. The Morgan fingerprint density at radius 2 is 2.05 bits per heavy atom. The first-order chi connectivity index (χ1) is 9.04. The van der Waals surface area contributed by atoms with Crippen LogP contribution in [0.25, 0.3) is 0 Å². The van der Waals surface area contributed by atoms with E-state index in [1.54, 1.807) is 7.11 Å². The van der Waals surface area contributed by atoms with E-state index in [4.69, 9.17) is 9.47 Å². The van der Waals surface area contributed by atoms with Gasteiger partial charge >= 0.3 is 0 Å². The molecule has 0 radical (unpaired) electrons. The second kappa shape index (κ2) is 10.6. The zero-order chi connectivity index (χ0) is 14.7. The number of hydrogen-bond acceptors (Lipinski definition) is 4. The lowest BCUT2D eigenvalue weighted by Gasteiger charge is -2.16. The standard InChI is InChI=1S/C15H27NO3/c1-6-7-14(17)11-19-15(12(2)10-18-5)9-8-13(3)16-4/h8-9,12,16H,6-7,10-11H2,1-5H3/b13-8+,15-9+. The summed E-state index contributed by atoms with van der Waals surface area (Å²) in [7, 11) is 3.52. The molecule has 1 atom stereocenters. The van der Waals surface area contributed by atoms with Crippen molar-refractivity contribution in [2.45, 2.75) is 33.6 Å². The van der Waals surface area contributed by atoms with Crippen molar-refractivity contribution in [3.63, 3.8) is 0 Å². The fraction of sp³-hybridized carbons (Fsp3) is 0.667. The van der Waals surface area contributed by atoms with Crippen molar-refractivity contribution in [1.29, 1.82) is 0 Å². The van der Waals surface area contributed by atoms with Gasteiger partial charge in [-0.1, -0.05) is 13.8 Å². The molecule has 0 aromatic rings. The summed E-state index contributed by atoms with van der Waals surface area (Å²) in [5.41, 5.74) is 1.03. The van der Waals surface area contributed by atoms with Crippen molar-refractivity contribution in [3.8, 4) is 0 Å². The van der Waals surface area contributed by atoms with Crippen LogP contribution in [0.5, 0.6) is 0 Å². The molecular weight excluding hydrogens is 242 g/mol. The normalized spacial score (nSPS) is 14.2. The van der Waals surface area contributed by atoms with Crippen molar-refractivity contribution in [2.24, 2.45) is 5.92 Å². The van der Waals surface area contributed by atoms with E-state index in [0.29, 0.717) is 13.0 Å². The van der Waals surface area contributed by atoms with Crippen LogP contribution in [-0.2, 0) is 14.3 Å². The molecule has 1 N–H and O–H groups in total. The highest BCUT2D eigenvalue weighted by molar-refractivity contribution is 5.79. The van der Waals surface area contributed by atoms with Gasteiger partial charge < -0.3 is 14.8 Å². The van der Waals surface area contributed by atoms with E-state index in [1.165, 1.54) is 0 Å². The molecule has 0 amide bonds. The van der Waals surface area contributed by atoms with Crippen LogP contribution in [0.4, 0.5) is 0 Å². The summed E-state index contributed by atoms with van der Waals surface area (Å²) in [4.78, 5) is 11.5. The van der Waals surface area contributed by atoms with Crippen LogP contribution < -0.4 is 5.32 Å². The quantitative estimate of drug-likeness (QED) is 0.489. The highest BCUT2D eigenvalue weighted by atomic mass is 16.5. The molecule has 0 heterocycles. The second-order valence-corrected chi connectivity index (χ2v) is 4.60. The molecule has 0 aliphatic rings. The number of allylic oxidation sites excluding steroid dienone is 3. The third-order valence-electron chi connectivity index (χ3n) is 2.72. The van der Waals surface area contributed by atoms with Gasteiger partial charge in [0.2, 0.25) is 0 Å². The summed E-state index contributed by atoms with van der Waals surface area (Å²) in [6.45, 7) is 6.68. The van der Waals surface area contributed by atoms with Gasteiger partial charge in [-0.05, 0) is 25.5 Å². The number of hydrogen-bond donors (Lipinski definition) is 1. The number of carbonyl (C=O) groups excluding carboxylic acids is 1. The SMILES string of the molecule is CCCC(=O)CO/C(=C/C=C(\C)NC)C(C)COC. The average molecular weight is 269 g/mol. The van der Waals surface area contributed by atoms with Gasteiger partial charge in [0.05, 0.1) is 6.61 Å². The molecule has 0 aromatic carbocycles. The zero-order valence-electron chi connectivity index (χ0n) is 12.8. The maximum Gasteiger partial charge on any atom is 0.170 e. The number of ether oxygens (including phenoxy) is 2. The summed E-state index contributed by atoms with van der Waals surface area (Å²) in [5, 5.41) is 3.04. The summed E-state index contributed by atoms with van der Waals surface area (Å²) < 4.78 is 10.8. The van der Waals surface area contributed by atoms with Crippen LogP contribution in [0.1, 0.15) is 33.6 Å². The molecule has 4 nitrogen and oxygen atoms in total. The van der Waals surface area contributed by atoms with Gasteiger partial charge in [-0.2, -0.15) is 0 Å². The molecule has 0 bridgehead atoms. The lowest BCUT2D eigenvalue weighted by atomic mass is 10.1. The van der Waals surface area contributed by atoms with Crippen molar-refractivity contribution < 1.29 is 14.3 Å². The average Bonchev–Trinajstić information content (AvgIpc) is 2.38. The fourth-order valence-electron chi connectivity index (χ4n) is 1.49. The molecule has 0 aliphatic heterocycles. The molecule has 19 heavy (non-hydrogen) atoms. The molecule has 1 unspecified atom stereocenters. The van der Waals surface area contributed by atoms with Gasteiger partial charge in [0.25, 0.3) is 0 Å². The number of nitrogens with one attached hydrogen (secondary N) is 1. The minimum Gasteiger partial charge on any atom is -0.490 e. The van der Waals surface area contributed by atoms with E-state index in [9.17, 15) is 4.79 Å². The molecule has 110 valence electrons. The van der Waals surface area contributed by atoms with E-state index in [-0.39, 0.29) is 18.3 Å². The Labute approximate surface area is 116 Å². The molecule has 0 aliphatic carbocycles. The lowest BCUT2D eigenvalue weighted by Crippen LogP contribution is -2.14. The van der Waals surface area contributed by atoms with E-state index >= 15 is 0 Å². The Balaban J connectivity index is 4.63. The Morgan fingerprint density at radius 1 is 1.37 bits per heavy atom. The van der Waals surface area contributed by atoms with Gasteiger partial charge in [0.1, 0.15) is 12.4 Å². The Bertz CT molecular complexity index is 321. The number of methoxy groups -OCH3 is 1. The highest BCUT2D eigenvalue weighted by Gasteiger charge is 2.11. The first kappa shape index (κ1) is 17.7. The van der Waals surface area contributed by atoms with Gasteiger partial charge in [-0.15, -0.1) is 0 Å². The molecule has 0 saturated carbocycles. The molecule has 0 spiro atoms. The van der Waals surface area contributed by atoms with Crippen molar-refractivity contribution in [2.75, 3.05) is 27.4 Å². The van der Waals surface area contributed by atoms with Crippen LogP contribution in [0, 0.1) is 5.92 Å². The Morgan fingerprint density at radius 3 is 2.58 bits per heavy atom. The number of carbonyl (C=O) groups is 1. The van der Waals surface area contributed by atoms with Crippen molar-refractivity contribution in [1.82, 2.24) is 5.32 Å². The topological polar surface area (TPSA) is 47.6 Å². The van der Waals surface area contributed by atoms with Crippen LogP contribution >= 0.6 is 0 Å². The molecule has 4 heteroatoms.